The van der Waals surface area contributed by atoms with Crippen molar-refractivity contribution in [3.05, 3.63) is 45.7 Å². The van der Waals surface area contributed by atoms with Crippen LogP contribution in [0.2, 0.25) is 0 Å². The number of hydrogen-bond donors (Lipinski definition) is 2. The third-order valence-corrected chi connectivity index (χ3v) is 4.40. The van der Waals surface area contributed by atoms with Gasteiger partial charge >= 0.3 is 0 Å². The number of aromatic amines is 1. The molecule has 0 unspecified atom stereocenters. The number of quaternary nitrogens is 1. The summed E-state index contributed by atoms with van der Waals surface area (Å²) in [4.78, 5) is 15.2. The van der Waals surface area contributed by atoms with Crippen molar-refractivity contribution in [1.29, 1.82) is 0 Å². The summed E-state index contributed by atoms with van der Waals surface area (Å²) in [5, 5.41) is 3.48. The van der Waals surface area contributed by atoms with Crippen LogP contribution in [0.4, 0.5) is 0 Å². The van der Waals surface area contributed by atoms with Gasteiger partial charge in [-0.05, 0) is 55.7 Å². The topological polar surface area (TPSA) is 49.5 Å². The molecule has 3 rings (SSSR count). The number of nitrogens with one attached hydrogen (secondary N) is 1. The van der Waals surface area contributed by atoms with Crippen molar-refractivity contribution in [2.75, 3.05) is 0 Å². The van der Waals surface area contributed by atoms with Crippen molar-refractivity contribution in [3.63, 3.8) is 0 Å². The zero-order chi connectivity index (χ0) is 13.9. The van der Waals surface area contributed by atoms with Gasteiger partial charge in [-0.1, -0.05) is 18.6 Å². The molecule has 1 aliphatic carbocycles. The van der Waals surface area contributed by atoms with Gasteiger partial charge in [-0.3, -0.25) is 4.79 Å². The fraction of sp³-hybridized carbons (Fsp3) is 0.471. The van der Waals surface area contributed by atoms with Crippen molar-refractivity contribution in [3.8, 4) is 0 Å². The number of fused-ring (bicyclic) bond motifs is 1. The van der Waals surface area contributed by atoms with Gasteiger partial charge in [-0.15, -0.1) is 0 Å². The maximum Gasteiger partial charge on any atom is 0.257 e. The molecule has 2 aromatic rings. The Hall–Kier alpha value is -1.61. The first-order valence-corrected chi connectivity index (χ1v) is 7.68. The van der Waals surface area contributed by atoms with E-state index in [0.29, 0.717) is 6.04 Å². The van der Waals surface area contributed by atoms with Gasteiger partial charge in [-0.2, -0.15) is 0 Å². The SMILES string of the molecule is Cc1ccc2cc(C[NH2+]C3CCCCC3)c(=O)[nH]c2c1. The molecule has 1 saturated carbocycles. The molecule has 1 aromatic carbocycles. The van der Waals surface area contributed by atoms with Crippen molar-refractivity contribution in [2.45, 2.75) is 51.6 Å². The summed E-state index contributed by atoms with van der Waals surface area (Å²) in [6.07, 6.45) is 6.65. The van der Waals surface area contributed by atoms with Crippen LogP contribution < -0.4 is 10.9 Å². The maximum atomic E-state index is 12.1. The Bertz CT molecular complexity index is 654. The van der Waals surface area contributed by atoms with Crippen LogP contribution in [0, 0.1) is 6.92 Å². The van der Waals surface area contributed by atoms with E-state index in [-0.39, 0.29) is 5.56 Å². The zero-order valence-electron chi connectivity index (χ0n) is 12.1. The summed E-state index contributed by atoms with van der Waals surface area (Å²) in [5.74, 6) is 0. The summed E-state index contributed by atoms with van der Waals surface area (Å²) in [7, 11) is 0. The van der Waals surface area contributed by atoms with E-state index < -0.39 is 0 Å². The number of H-pyrrole nitrogens is 1. The molecular formula is C17H23N2O+. The van der Waals surface area contributed by atoms with Crippen LogP contribution in [-0.2, 0) is 6.54 Å². The Labute approximate surface area is 119 Å². The first-order chi connectivity index (χ1) is 9.72. The molecule has 0 radical (unpaired) electrons. The van der Waals surface area contributed by atoms with Gasteiger partial charge in [0.15, 0.2) is 0 Å². The molecule has 0 bridgehead atoms. The molecular weight excluding hydrogens is 248 g/mol. The normalized spacial score (nSPS) is 16.6. The Balaban J connectivity index is 1.78. The number of pyridine rings is 1. The second-order valence-corrected chi connectivity index (χ2v) is 6.05. The molecule has 0 aliphatic heterocycles. The Morgan fingerprint density at radius 3 is 2.80 bits per heavy atom. The molecule has 1 fully saturated rings. The van der Waals surface area contributed by atoms with Gasteiger partial charge in [0.2, 0.25) is 0 Å². The lowest BCUT2D eigenvalue weighted by Crippen LogP contribution is -2.89. The molecule has 0 atom stereocenters. The average molecular weight is 271 g/mol. The highest BCUT2D eigenvalue weighted by Crippen LogP contribution is 2.15. The van der Waals surface area contributed by atoms with E-state index in [0.717, 1.165) is 23.0 Å². The molecule has 106 valence electrons. The van der Waals surface area contributed by atoms with Gasteiger partial charge in [0.25, 0.3) is 5.56 Å². The lowest BCUT2D eigenvalue weighted by molar-refractivity contribution is -0.706. The molecule has 1 aromatic heterocycles. The first kappa shape index (κ1) is 13.4. The van der Waals surface area contributed by atoms with E-state index in [2.05, 4.69) is 22.4 Å². The second kappa shape index (κ2) is 5.80. The first-order valence-electron chi connectivity index (χ1n) is 7.68. The van der Waals surface area contributed by atoms with E-state index in [1.165, 1.54) is 37.7 Å². The molecule has 1 aliphatic rings. The maximum absolute atomic E-state index is 12.1. The van der Waals surface area contributed by atoms with E-state index in [9.17, 15) is 4.79 Å². The number of rotatable bonds is 3. The monoisotopic (exact) mass is 271 g/mol. The zero-order valence-corrected chi connectivity index (χ0v) is 12.1. The molecule has 20 heavy (non-hydrogen) atoms. The van der Waals surface area contributed by atoms with Crippen LogP contribution >= 0.6 is 0 Å². The largest absolute Gasteiger partial charge is 0.340 e. The van der Waals surface area contributed by atoms with Crippen LogP contribution in [0.25, 0.3) is 10.9 Å². The third-order valence-electron chi connectivity index (χ3n) is 4.40. The summed E-state index contributed by atoms with van der Waals surface area (Å²) < 4.78 is 0. The van der Waals surface area contributed by atoms with Crippen LogP contribution in [0.1, 0.15) is 43.2 Å². The van der Waals surface area contributed by atoms with Gasteiger partial charge in [0.05, 0.1) is 11.6 Å². The number of nitrogens with two attached hydrogens (primary N) is 1. The second-order valence-electron chi connectivity index (χ2n) is 6.05. The van der Waals surface area contributed by atoms with Crippen LogP contribution in [0.5, 0.6) is 0 Å². The van der Waals surface area contributed by atoms with Crippen molar-refractivity contribution in [2.24, 2.45) is 0 Å². The summed E-state index contributed by atoms with van der Waals surface area (Å²) in [6.45, 7) is 2.84. The van der Waals surface area contributed by atoms with Gasteiger partial charge < -0.3 is 10.3 Å². The molecule has 0 amide bonds. The number of hydrogen-bond acceptors (Lipinski definition) is 1. The summed E-state index contributed by atoms with van der Waals surface area (Å²) >= 11 is 0. The Kier molecular flexibility index (Phi) is 3.88. The Morgan fingerprint density at radius 1 is 1.20 bits per heavy atom. The van der Waals surface area contributed by atoms with Gasteiger partial charge in [-0.25, -0.2) is 0 Å². The summed E-state index contributed by atoms with van der Waals surface area (Å²) in [5.41, 5.74) is 3.08. The lowest BCUT2D eigenvalue weighted by Gasteiger charge is -2.19. The van der Waals surface area contributed by atoms with Crippen LogP contribution in [0.3, 0.4) is 0 Å². The molecule has 3 nitrogen and oxygen atoms in total. The third kappa shape index (κ3) is 2.93. The van der Waals surface area contributed by atoms with Crippen LogP contribution in [0.15, 0.2) is 29.1 Å². The van der Waals surface area contributed by atoms with Gasteiger partial charge in [0, 0.05) is 5.52 Å². The number of benzene rings is 1. The molecule has 0 saturated heterocycles. The average Bonchev–Trinajstić information content (AvgIpc) is 2.46. The lowest BCUT2D eigenvalue weighted by atomic mass is 9.95. The highest BCUT2D eigenvalue weighted by molar-refractivity contribution is 5.79. The number of aryl methyl sites for hydroxylation is 1. The minimum absolute atomic E-state index is 0.0650. The standard InChI is InChI=1S/C17H22N2O/c1-12-7-8-13-10-14(17(20)19-16(13)9-12)11-18-15-5-3-2-4-6-15/h7-10,15,18H,2-6,11H2,1H3,(H,19,20)/p+1. The minimum Gasteiger partial charge on any atom is -0.340 e. The van der Waals surface area contributed by atoms with Gasteiger partial charge in [0.1, 0.15) is 6.54 Å². The predicted molar refractivity (Wildman–Crippen MR) is 81.8 cm³/mol. The van der Waals surface area contributed by atoms with Crippen molar-refractivity contribution >= 4 is 10.9 Å². The van der Waals surface area contributed by atoms with Crippen molar-refractivity contribution < 1.29 is 5.32 Å². The molecule has 1 heterocycles. The smallest absolute Gasteiger partial charge is 0.257 e. The molecule has 0 spiro atoms. The van der Waals surface area contributed by atoms with E-state index in [1.807, 2.05) is 19.1 Å². The van der Waals surface area contributed by atoms with Crippen LogP contribution in [-0.4, -0.2) is 11.0 Å². The summed E-state index contributed by atoms with van der Waals surface area (Å²) in [6, 6.07) is 8.97. The predicted octanol–water partition coefficient (Wildman–Crippen LogP) is 2.23. The molecule has 3 heteroatoms. The quantitative estimate of drug-likeness (QED) is 0.883. The highest BCUT2D eigenvalue weighted by atomic mass is 16.1. The fourth-order valence-corrected chi connectivity index (χ4v) is 3.18. The highest BCUT2D eigenvalue weighted by Gasteiger charge is 2.16. The van der Waals surface area contributed by atoms with E-state index in [4.69, 9.17) is 0 Å². The Morgan fingerprint density at radius 2 is 2.00 bits per heavy atom. The minimum atomic E-state index is 0.0650. The van der Waals surface area contributed by atoms with E-state index in [1.54, 1.807) is 0 Å². The fourth-order valence-electron chi connectivity index (χ4n) is 3.18. The molecule has 3 N–H and O–H groups in total. The van der Waals surface area contributed by atoms with E-state index >= 15 is 0 Å². The van der Waals surface area contributed by atoms with Crippen molar-refractivity contribution in [1.82, 2.24) is 4.98 Å². The number of aromatic nitrogens is 1.